The van der Waals surface area contributed by atoms with Crippen LogP contribution in [0.1, 0.15) is 21.9 Å². The standard InChI is InChI=1S/C19H16N2O5/c1-13-5-7-16(8-6-13)25-12-17-9-10-18(26-17)19(22)20-14-3-2-4-15(11-14)21(23)24/h2-11H,12H2,1H3,(H,20,22). The molecule has 0 aliphatic carbocycles. The Labute approximate surface area is 149 Å². The molecule has 2 aromatic carbocycles. The van der Waals surface area contributed by atoms with Crippen LogP contribution in [0.2, 0.25) is 0 Å². The van der Waals surface area contributed by atoms with E-state index in [0.717, 1.165) is 5.56 Å². The molecule has 0 unspecified atom stereocenters. The zero-order valence-corrected chi connectivity index (χ0v) is 14.0. The van der Waals surface area contributed by atoms with Crippen molar-refractivity contribution >= 4 is 17.3 Å². The number of carbonyl (C=O) groups excluding carboxylic acids is 1. The summed E-state index contributed by atoms with van der Waals surface area (Å²) >= 11 is 0. The van der Waals surface area contributed by atoms with Crippen molar-refractivity contribution in [3.63, 3.8) is 0 Å². The third-order valence-electron chi connectivity index (χ3n) is 3.60. The fraction of sp³-hybridized carbons (Fsp3) is 0.105. The van der Waals surface area contributed by atoms with Gasteiger partial charge in [-0.05, 0) is 37.3 Å². The lowest BCUT2D eigenvalue weighted by Crippen LogP contribution is -2.11. The van der Waals surface area contributed by atoms with Crippen molar-refractivity contribution < 1.29 is 18.9 Å². The highest BCUT2D eigenvalue weighted by molar-refractivity contribution is 6.02. The normalized spacial score (nSPS) is 10.3. The molecule has 1 heterocycles. The molecule has 1 aromatic heterocycles. The summed E-state index contributed by atoms with van der Waals surface area (Å²) in [5.74, 6) is 0.801. The molecule has 26 heavy (non-hydrogen) atoms. The molecule has 1 N–H and O–H groups in total. The van der Waals surface area contributed by atoms with Gasteiger partial charge in [-0.15, -0.1) is 0 Å². The number of nitrogens with one attached hydrogen (secondary N) is 1. The lowest BCUT2D eigenvalue weighted by molar-refractivity contribution is -0.384. The highest BCUT2D eigenvalue weighted by atomic mass is 16.6. The van der Waals surface area contributed by atoms with Crippen molar-refractivity contribution in [3.05, 3.63) is 87.9 Å². The summed E-state index contributed by atoms with van der Waals surface area (Å²) in [5, 5.41) is 13.3. The average Bonchev–Trinajstić information content (AvgIpc) is 3.11. The first-order valence-corrected chi connectivity index (χ1v) is 7.85. The van der Waals surface area contributed by atoms with Gasteiger partial charge in [-0.3, -0.25) is 14.9 Å². The first-order valence-electron chi connectivity index (χ1n) is 7.85. The Bertz CT molecular complexity index is 931. The number of hydrogen-bond donors (Lipinski definition) is 1. The second-order valence-electron chi connectivity index (χ2n) is 5.63. The molecule has 0 aliphatic heterocycles. The van der Waals surface area contributed by atoms with E-state index in [1.54, 1.807) is 12.1 Å². The maximum Gasteiger partial charge on any atom is 0.291 e. The van der Waals surface area contributed by atoms with Crippen molar-refractivity contribution in [2.45, 2.75) is 13.5 Å². The smallest absolute Gasteiger partial charge is 0.291 e. The van der Waals surface area contributed by atoms with Gasteiger partial charge in [0.15, 0.2) is 5.76 Å². The fourth-order valence-corrected chi connectivity index (χ4v) is 2.26. The lowest BCUT2D eigenvalue weighted by Gasteiger charge is -2.05. The Morgan fingerprint density at radius 3 is 2.65 bits per heavy atom. The minimum absolute atomic E-state index is 0.0963. The largest absolute Gasteiger partial charge is 0.486 e. The number of furan rings is 1. The molecule has 0 atom stereocenters. The second-order valence-corrected chi connectivity index (χ2v) is 5.63. The number of amides is 1. The molecule has 7 heteroatoms. The Hall–Kier alpha value is -3.61. The van der Waals surface area contributed by atoms with Crippen LogP contribution >= 0.6 is 0 Å². The van der Waals surface area contributed by atoms with Crippen LogP contribution < -0.4 is 10.1 Å². The number of rotatable bonds is 6. The molecule has 3 rings (SSSR count). The number of hydrogen-bond acceptors (Lipinski definition) is 5. The number of nitro benzene ring substituents is 1. The third-order valence-corrected chi connectivity index (χ3v) is 3.60. The summed E-state index contributed by atoms with van der Waals surface area (Å²) in [7, 11) is 0. The van der Waals surface area contributed by atoms with Gasteiger partial charge in [0.05, 0.1) is 4.92 Å². The maximum absolute atomic E-state index is 12.2. The molecule has 0 saturated heterocycles. The summed E-state index contributed by atoms with van der Waals surface area (Å²) in [4.78, 5) is 22.5. The van der Waals surface area contributed by atoms with Gasteiger partial charge in [-0.2, -0.15) is 0 Å². The second kappa shape index (κ2) is 7.52. The van der Waals surface area contributed by atoms with E-state index < -0.39 is 10.8 Å². The molecular formula is C19H16N2O5. The number of aryl methyl sites for hydroxylation is 1. The number of non-ortho nitro benzene ring substituents is 1. The Balaban J connectivity index is 1.61. The molecule has 3 aromatic rings. The van der Waals surface area contributed by atoms with Crippen molar-refractivity contribution in [2.24, 2.45) is 0 Å². The zero-order valence-electron chi connectivity index (χ0n) is 14.0. The average molecular weight is 352 g/mol. The van der Waals surface area contributed by atoms with E-state index in [9.17, 15) is 14.9 Å². The Morgan fingerprint density at radius 2 is 1.92 bits per heavy atom. The van der Waals surface area contributed by atoms with Crippen LogP contribution in [0.3, 0.4) is 0 Å². The van der Waals surface area contributed by atoms with E-state index in [2.05, 4.69) is 5.32 Å². The van der Waals surface area contributed by atoms with Gasteiger partial charge >= 0.3 is 0 Å². The molecule has 0 aliphatic rings. The van der Waals surface area contributed by atoms with Gasteiger partial charge in [0.2, 0.25) is 0 Å². The zero-order chi connectivity index (χ0) is 18.5. The van der Waals surface area contributed by atoms with Crippen LogP contribution in [0, 0.1) is 17.0 Å². The third kappa shape index (κ3) is 4.27. The summed E-state index contributed by atoms with van der Waals surface area (Å²) in [6, 6.07) is 16.5. The van der Waals surface area contributed by atoms with Crippen molar-refractivity contribution in [2.75, 3.05) is 5.32 Å². The van der Waals surface area contributed by atoms with Crippen LogP contribution in [0.15, 0.2) is 65.1 Å². The minimum Gasteiger partial charge on any atom is -0.486 e. The Kier molecular flexibility index (Phi) is 4.98. The summed E-state index contributed by atoms with van der Waals surface area (Å²) < 4.78 is 11.1. The van der Waals surface area contributed by atoms with Crippen molar-refractivity contribution in [3.8, 4) is 5.75 Å². The van der Waals surface area contributed by atoms with Gasteiger partial charge in [-0.25, -0.2) is 0 Å². The number of anilines is 1. The number of nitrogens with zero attached hydrogens (tertiary/aromatic N) is 1. The SMILES string of the molecule is Cc1ccc(OCc2ccc(C(=O)Nc3cccc([N+](=O)[O-])c3)o2)cc1. The first kappa shape index (κ1) is 17.2. The predicted octanol–water partition coefficient (Wildman–Crippen LogP) is 4.33. The molecule has 0 spiro atoms. The monoisotopic (exact) mass is 352 g/mol. The topological polar surface area (TPSA) is 94.6 Å². The summed E-state index contributed by atoms with van der Waals surface area (Å²) in [5.41, 5.74) is 1.35. The minimum atomic E-state index is -0.525. The molecule has 0 radical (unpaired) electrons. The van der Waals surface area contributed by atoms with Gasteiger partial charge in [0.25, 0.3) is 11.6 Å². The summed E-state index contributed by atoms with van der Waals surface area (Å²) in [6.07, 6.45) is 0. The van der Waals surface area contributed by atoms with Crippen LogP contribution in [0.5, 0.6) is 5.75 Å². The molecule has 1 amide bonds. The Morgan fingerprint density at radius 1 is 1.15 bits per heavy atom. The molecular weight excluding hydrogens is 336 g/mol. The van der Waals surface area contributed by atoms with Gasteiger partial charge in [-0.1, -0.05) is 23.8 Å². The molecule has 7 nitrogen and oxygen atoms in total. The van der Waals surface area contributed by atoms with Gasteiger partial charge in [0.1, 0.15) is 18.1 Å². The van der Waals surface area contributed by atoms with E-state index in [-0.39, 0.29) is 18.1 Å². The van der Waals surface area contributed by atoms with Crippen molar-refractivity contribution in [1.82, 2.24) is 0 Å². The van der Waals surface area contributed by atoms with Crippen LogP contribution in [-0.4, -0.2) is 10.8 Å². The van der Waals surface area contributed by atoms with E-state index >= 15 is 0 Å². The molecule has 132 valence electrons. The van der Waals surface area contributed by atoms with Crippen LogP contribution in [-0.2, 0) is 6.61 Å². The van der Waals surface area contributed by atoms with Crippen LogP contribution in [0.4, 0.5) is 11.4 Å². The maximum atomic E-state index is 12.2. The summed E-state index contributed by atoms with van der Waals surface area (Å²) in [6.45, 7) is 2.18. The van der Waals surface area contributed by atoms with Crippen LogP contribution in [0.25, 0.3) is 0 Å². The fourth-order valence-electron chi connectivity index (χ4n) is 2.26. The molecule has 0 fully saturated rings. The predicted molar refractivity (Wildman–Crippen MR) is 95.3 cm³/mol. The van der Waals surface area contributed by atoms with Gasteiger partial charge < -0.3 is 14.5 Å². The molecule has 0 bridgehead atoms. The number of nitro groups is 1. The number of benzene rings is 2. The van der Waals surface area contributed by atoms with E-state index in [1.165, 1.54) is 24.3 Å². The van der Waals surface area contributed by atoms with E-state index in [0.29, 0.717) is 17.2 Å². The van der Waals surface area contributed by atoms with E-state index in [4.69, 9.17) is 9.15 Å². The van der Waals surface area contributed by atoms with E-state index in [1.807, 2.05) is 31.2 Å². The highest BCUT2D eigenvalue weighted by Crippen LogP contribution is 2.19. The highest BCUT2D eigenvalue weighted by Gasteiger charge is 2.13. The first-order chi connectivity index (χ1) is 12.5. The van der Waals surface area contributed by atoms with Crippen molar-refractivity contribution in [1.29, 1.82) is 0 Å². The quantitative estimate of drug-likeness (QED) is 0.526. The van der Waals surface area contributed by atoms with Gasteiger partial charge in [0, 0.05) is 17.8 Å². The number of ether oxygens (including phenoxy) is 1. The number of carbonyl (C=O) groups is 1. The lowest BCUT2D eigenvalue weighted by atomic mass is 10.2. The molecule has 0 saturated carbocycles.